The number of alkyl halides is 3. The van der Waals surface area contributed by atoms with E-state index in [2.05, 4.69) is 14.9 Å². The van der Waals surface area contributed by atoms with Gasteiger partial charge in [0, 0.05) is 18.7 Å². The number of methoxy groups -OCH3 is 1. The largest absolute Gasteiger partial charge is 0.573 e. The maximum Gasteiger partial charge on any atom is 0.573 e. The van der Waals surface area contributed by atoms with Crippen molar-refractivity contribution in [2.75, 3.05) is 20.2 Å². The average molecular weight is 419 g/mol. The molecule has 0 N–H and O–H groups in total. The van der Waals surface area contributed by atoms with Gasteiger partial charge in [-0.25, -0.2) is 8.42 Å². The van der Waals surface area contributed by atoms with Crippen LogP contribution in [0, 0.1) is 0 Å². The molecule has 28 heavy (non-hydrogen) atoms. The highest BCUT2D eigenvalue weighted by atomic mass is 32.2. The van der Waals surface area contributed by atoms with E-state index < -0.39 is 33.1 Å². The molecule has 0 saturated carbocycles. The zero-order valence-corrected chi connectivity index (χ0v) is 15.4. The van der Waals surface area contributed by atoms with E-state index in [1.54, 1.807) is 0 Å². The first-order valence-corrected chi connectivity index (χ1v) is 9.52. The number of ether oxygens (including phenoxy) is 3. The molecule has 1 unspecified atom stereocenters. The molecule has 0 amide bonds. The van der Waals surface area contributed by atoms with Crippen LogP contribution in [0.1, 0.15) is 6.42 Å². The highest BCUT2D eigenvalue weighted by Gasteiger charge is 2.38. The molecule has 0 bridgehead atoms. The van der Waals surface area contributed by atoms with Crippen molar-refractivity contribution in [3.8, 4) is 17.5 Å². The SMILES string of the molecule is COc1ccc(OC2CCN(S(=O)(=O)c3ccccc3OC(F)(F)F)C2)nn1. The molecule has 2 aromatic rings. The number of benzene rings is 1. The van der Waals surface area contributed by atoms with Crippen LogP contribution in [-0.4, -0.2) is 55.6 Å². The summed E-state index contributed by atoms with van der Waals surface area (Å²) in [6, 6.07) is 7.67. The Morgan fingerprint density at radius 3 is 2.43 bits per heavy atom. The van der Waals surface area contributed by atoms with Gasteiger partial charge in [-0.15, -0.1) is 23.4 Å². The quantitative estimate of drug-likeness (QED) is 0.709. The van der Waals surface area contributed by atoms with Gasteiger partial charge in [0.25, 0.3) is 0 Å². The van der Waals surface area contributed by atoms with Crippen LogP contribution < -0.4 is 14.2 Å². The molecule has 0 spiro atoms. The Hall–Kier alpha value is -2.60. The van der Waals surface area contributed by atoms with Crippen LogP contribution in [0.15, 0.2) is 41.3 Å². The van der Waals surface area contributed by atoms with Gasteiger partial charge in [-0.1, -0.05) is 12.1 Å². The molecule has 2 heterocycles. The third-order valence-electron chi connectivity index (χ3n) is 3.91. The predicted molar refractivity (Wildman–Crippen MR) is 89.5 cm³/mol. The molecule has 3 rings (SSSR count). The number of halogens is 3. The minimum absolute atomic E-state index is 0.0452. The van der Waals surface area contributed by atoms with E-state index in [9.17, 15) is 21.6 Å². The van der Waals surface area contributed by atoms with Crippen molar-refractivity contribution in [3.63, 3.8) is 0 Å². The molecule has 1 aromatic carbocycles. The first kappa shape index (κ1) is 20.1. The van der Waals surface area contributed by atoms with Gasteiger partial charge >= 0.3 is 6.36 Å². The van der Waals surface area contributed by atoms with Crippen molar-refractivity contribution >= 4 is 10.0 Å². The standard InChI is InChI=1S/C16H16F3N3O5S/c1-25-14-6-7-15(21-20-14)26-11-8-9-22(10-11)28(23,24)13-5-3-2-4-12(13)27-16(17,18)19/h2-7,11H,8-10H2,1H3. The number of nitrogens with zero attached hydrogens (tertiary/aromatic N) is 3. The van der Waals surface area contributed by atoms with Crippen molar-refractivity contribution in [2.45, 2.75) is 23.8 Å². The number of hydrogen-bond acceptors (Lipinski definition) is 7. The van der Waals surface area contributed by atoms with Gasteiger partial charge < -0.3 is 14.2 Å². The molecular weight excluding hydrogens is 403 g/mol. The van der Waals surface area contributed by atoms with Gasteiger partial charge in [0.2, 0.25) is 21.8 Å². The normalized spacial score (nSPS) is 18.1. The Kier molecular flexibility index (Phi) is 5.61. The van der Waals surface area contributed by atoms with E-state index in [1.807, 2.05) is 0 Å². The summed E-state index contributed by atoms with van der Waals surface area (Å²) < 4.78 is 78.7. The molecule has 1 saturated heterocycles. The predicted octanol–water partition coefficient (Wildman–Crippen LogP) is 2.23. The van der Waals surface area contributed by atoms with Crippen molar-refractivity contribution in [1.82, 2.24) is 14.5 Å². The van der Waals surface area contributed by atoms with Crippen LogP contribution in [0.3, 0.4) is 0 Å². The molecule has 0 aliphatic carbocycles. The van der Waals surface area contributed by atoms with E-state index in [4.69, 9.17) is 9.47 Å². The fourth-order valence-corrected chi connectivity index (χ4v) is 4.27. The second-order valence-corrected chi connectivity index (χ2v) is 7.71. The summed E-state index contributed by atoms with van der Waals surface area (Å²) >= 11 is 0. The zero-order chi connectivity index (χ0) is 20.4. The Labute approximate surface area is 158 Å². The Balaban J connectivity index is 1.73. The lowest BCUT2D eigenvalue weighted by atomic mass is 10.3. The number of hydrogen-bond donors (Lipinski definition) is 0. The van der Waals surface area contributed by atoms with Gasteiger partial charge in [-0.3, -0.25) is 0 Å². The molecule has 1 aliphatic rings. The summed E-state index contributed by atoms with van der Waals surface area (Å²) in [4.78, 5) is -0.558. The molecule has 0 radical (unpaired) electrons. The highest BCUT2D eigenvalue weighted by molar-refractivity contribution is 7.89. The van der Waals surface area contributed by atoms with E-state index in [1.165, 1.54) is 31.4 Å². The van der Waals surface area contributed by atoms with Crippen LogP contribution in [0.2, 0.25) is 0 Å². The minimum atomic E-state index is -5.00. The van der Waals surface area contributed by atoms with Crippen LogP contribution in [0.25, 0.3) is 0 Å². The number of para-hydroxylation sites is 1. The van der Waals surface area contributed by atoms with E-state index >= 15 is 0 Å². The summed E-state index contributed by atoms with van der Waals surface area (Å²) in [5.41, 5.74) is 0. The Morgan fingerprint density at radius 2 is 1.79 bits per heavy atom. The lowest BCUT2D eigenvalue weighted by Gasteiger charge is -2.19. The highest BCUT2D eigenvalue weighted by Crippen LogP contribution is 2.33. The lowest BCUT2D eigenvalue weighted by molar-refractivity contribution is -0.275. The van der Waals surface area contributed by atoms with Crippen molar-refractivity contribution in [2.24, 2.45) is 0 Å². The number of rotatable bonds is 6. The molecular formula is C16H16F3N3O5S. The van der Waals surface area contributed by atoms with E-state index in [-0.39, 0.29) is 19.0 Å². The van der Waals surface area contributed by atoms with Crippen molar-refractivity contribution in [1.29, 1.82) is 0 Å². The van der Waals surface area contributed by atoms with Crippen LogP contribution >= 0.6 is 0 Å². The third-order valence-corrected chi connectivity index (χ3v) is 5.82. The zero-order valence-electron chi connectivity index (χ0n) is 14.6. The third kappa shape index (κ3) is 4.62. The summed E-state index contributed by atoms with van der Waals surface area (Å²) in [6.45, 7) is 0.0350. The van der Waals surface area contributed by atoms with Gasteiger partial charge in [-0.2, -0.15) is 4.31 Å². The van der Waals surface area contributed by atoms with Gasteiger partial charge in [0.05, 0.1) is 13.7 Å². The van der Waals surface area contributed by atoms with Crippen molar-refractivity contribution < 1.29 is 35.8 Å². The number of aromatic nitrogens is 2. The maximum atomic E-state index is 12.8. The maximum absolute atomic E-state index is 12.8. The smallest absolute Gasteiger partial charge is 0.480 e. The molecule has 1 aliphatic heterocycles. The summed E-state index contributed by atoms with van der Waals surface area (Å²) in [5.74, 6) is -0.296. The second kappa shape index (κ2) is 7.80. The van der Waals surface area contributed by atoms with Crippen LogP contribution in [-0.2, 0) is 10.0 Å². The molecule has 12 heteroatoms. The topological polar surface area (TPSA) is 90.9 Å². The van der Waals surface area contributed by atoms with Crippen LogP contribution in [0.4, 0.5) is 13.2 Å². The molecule has 8 nitrogen and oxygen atoms in total. The number of sulfonamides is 1. The summed E-state index contributed by atoms with van der Waals surface area (Å²) in [5, 5.41) is 7.55. The molecule has 152 valence electrons. The summed E-state index contributed by atoms with van der Waals surface area (Å²) in [7, 11) is -2.77. The first-order valence-electron chi connectivity index (χ1n) is 8.08. The van der Waals surface area contributed by atoms with Gasteiger partial charge in [0.1, 0.15) is 16.7 Å². The monoisotopic (exact) mass is 419 g/mol. The second-order valence-electron chi connectivity index (χ2n) is 5.80. The fourth-order valence-electron chi connectivity index (χ4n) is 2.67. The minimum Gasteiger partial charge on any atom is -0.480 e. The average Bonchev–Trinajstić information content (AvgIpc) is 3.11. The van der Waals surface area contributed by atoms with Gasteiger partial charge in [-0.05, 0) is 18.6 Å². The van der Waals surface area contributed by atoms with Crippen LogP contribution in [0.5, 0.6) is 17.5 Å². The van der Waals surface area contributed by atoms with E-state index in [0.29, 0.717) is 12.3 Å². The fraction of sp³-hybridized carbons (Fsp3) is 0.375. The molecule has 1 atom stereocenters. The van der Waals surface area contributed by atoms with Crippen molar-refractivity contribution in [3.05, 3.63) is 36.4 Å². The Bertz CT molecular complexity index is 922. The lowest BCUT2D eigenvalue weighted by Crippen LogP contribution is -2.32. The first-order chi connectivity index (χ1) is 13.2. The van der Waals surface area contributed by atoms with E-state index in [0.717, 1.165) is 16.4 Å². The Morgan fingerprint density at radius 1 is 1.11 bits per heavy atom. The molecule has 1 aromatic heterocycles. The molecule has 1 fully saturated rings. The summed E-state index contributed by atoms with van der Waals surface area (Å²) in [6.07, 6.45) is -5.18. The van der Waals surface area contributed by atoms with Gasteiger partial charge in [0.15, 0.2) is 0 Å².